The zero-order valence-electron chi connectivity index (χ0n) is 5.55. The molecule has 0 saturated carbocycles. The summed E-state index contributed by atoms with van der Waals surface area (Å²) >= 11 is 3.62. The van der Waals surface area contributed by atoms with Crippen LogP contribution in [-0.4, -0.2) is 28.0 Å². The minimum Gasteiger partial charge on any atom is -0.354 e. The third kappa shape index (κ3) is 0.855. The molecule has 2 aliphatic rings. The maximum atomic E-state index is 11.2. The number of carbonyl (C=O) groups excluding carboxylic acids is 1. The van der Waals surface area contributed by atoms with Crippen molar-refractivity contribution in [2.24, 2.45) is 0 Å². The van der Waals surface area contributed by atoms with Gasteiger partial charge in [0.05, 0.1) is 0 Å². The molecule has 2 heterocycles. The molecule has 0 unspecified atom stereocenters. The van der Waals surface area contributed by atoms with Crippen LogP contribution in [-0.2, 0) is 4.79 Å². The molecule has 0 aliphatic carbocycles. The standard InChI is InChI=1S/C6H9NOS2/c8-5-6(1-2-7-5)9-3-4-10-6/h1-4H2,(H,7,8). The van der Waals surface area contributed by atoms with Crippen molar-refractivity contribution in [2.45, 2.75) is 10.5 Å². The van der Waals surface area contributed by atoms with Gasteiger partial charge in [0.25, 0.3) is 0 Å². The first-order valence-electron chi connectivity index (χ1n) is 3.40. The monoisotopic (exact) mass is 175 g/mol. The van der Waals surface area contributed by atoms with E-state index in [0.717, 1.165) is 24.5 Å². The Bertz CT molecular complexity index is 160. The van der Waals surface area contributed by atoms with Crippen molar-refractivity contribution >= 4 is 29.4 Å². The van der Waals surface area contributed by atoms with E-state index in [1.165, 1.54) is 0 Å². The van der Waals surface area contributed by atoms with Crippen molar-refractivity contribution in [3.63, 3.8) is 0 Å². The average Bonchev–Trinajstić information content (AvgIpc) is 2.48. The van der Waals surface area contributed by atoms with Crippen LogP contribution in [0.2, 0.25) is 0 Å². The Morgan fingerprint density at radius 1 is 1.40 bits per heavy atom. The predicted octanol–water partition coefficient (Wildman–Crippen LogP) is 0.683. The lowest BCUT2D eigenvalue weighted by atomic mass is 10.3. The molecule has 2 rings (SSSR count). The normalized spacial score (nSPS) is 29.4. The molecule has 2 fully saturated rings. The number of nitrogens with one attached hydrogen (secondary N) is 1. The summed E-state index contributed by atoms with van der Waals surface area (Å²) in [7, 11) is 0. The highest BCUT2D eigenvalue weighted by Crippen LogP contribution is 2.48. The van der Waals surface area contributed by atoms with Crippen LogP contribution < -0.4 is 5.32 Å². The molecule has 0 aromatic heterocycles. The van der Waals surface area contributed by atoms with E-state index in [1.807, 2.05) is 23.5 Å². The van der Waals surface area contributed by atoms with Gasteiger partial charge in [-0.05, 0) is 6.42 Å². The van der Waals surface area contributed by atoms with Crippen molar-refractivity contribution in [2.75, 3.05) is 18.1 Å². The van der Waals surface area contributed by atoms with Gasteiger partial charge in [0.2, 0.25) is 5.91 Å². The highest BCUT2D eigenvalue weighted by molar-refractivity contribution is 8.22. The third-order valence-corrected chi connectivity index (χ3v) is 5.33. The van der Waals surface area contributed by atoms with E-state index in [-0.39, 0.29) is 9.99 Å². The zero-order chi connectivity index (χ0) is 7.03. The van der Waals surface area contributed by atoms with E-state index in [4.69, 9.17) is 0 Å². The van der Waals surface area contributed by atoms with Gasteiger partial charge in [-0.3, -0.25) is 4.79 Å². The van der Waals surface area contributed by atoms with Gasteiger partial charge in [0, 0.05) is 18.1 Å². The SMILES string of the molecule is O=C1NCCC12SCCS2. The topological polar surface area (TPSA) is 29.1 Å². The second-order valence-corrected chi connectivity index (χ2v) is 5.50. The fourth-order valence-electron chi connectivity index (χ4n) is 1.32. The molecular weight excluding hydrogens is 166 g/mol. The summed E-state index contributed by atoms with van der Waals surface area (Å²) < 4.78 is -0.0694. The smallest absolute Gasteiger partial charge is 0.246 e. The summed E-state index contributed by atoms with van der Waals surface area (Å²) in [6, 6.07) is 0. The molecule has 0 aromatic carbocycles. The summed E-state index contributed by atoms with van der Waals surface area (Å²) in [4.78, 5) is 11.2. The van der Waals surface area contributed by atoms with Crippen LogP contribution in [0.1, 0.15) is 6.42 Å². The molecule has 0 aromatic rings. The number of carbonyl (C=O) groups is 1. The van der Waals surface area contributed by atoms with Crippen LogP contribution >= 0.6 is 23.5 Å². The number of hydrogen-bond acceptors (Lipinski definition) is 3. The fraction of sp³-hybridized carbons (Fsp3) is 0.833. The van der Waals surface area contributed by atoms with Crippen molar-refractivity contribution in [3.8, 4) is 0 Å². The largest absolute Gasteiger partial charge is 0.354 e. The second-order valence-electron chi connectivity index (χ2n) is 2.46. The molecule has 56 valence electrons. The second kappa shape index (κ2) is 2.34. The Balaban J connectivity index is 2.19. The van der Waals surface area contributed by atoms with Crippen LogP contribution in [0.15, 0.2) is 0 Å². The lowest BCUT2D eigenvalue weighted by molar-refractivity contribution is -0.119. The summed E-state index contributed by atoms with van der Waals surface area (Å²) in [5.74, 6) is 2.52. The van der Waals surface area contributed by atoms with E-state index >= 15 is 0 Å². The number of rotatable bonds is 0. The van der Waals surface area contributed by atoms with E-state index in [0.29, 0.717) is 0 Å². The van der Waals surface area contributed by atoms with Crippen LogP contribution in [0.4, 0.5) is 0 Å². The highest BCUT2D eigenvalue weighted by atomic mass is 32.2. The Morgan fingerprint density at radius 2 is 2.10 bits per heavy atom. The van der Waals surface area contributed by atoms with Gasteiger partial charge in [0.15, 0.2) is 0 Å². The molecule has 10 heavy (non-hydrogen) atoms. The maximum Gasteiger partial charge on any atom is 0.246 e. The lowest BCUT2D eigenvalue weighted by Crippen LogP contribution is -2.29. The quantitative estimate of drug-likeness (QED) is 0.587. The van der Waals surface area contributed by atoms with Crippen LogP contribution in [0.5, 0.6) is 0 Å². The van der Waals surface area contributed by atoms with Gasteiger partial charge >= 0.3 is 0 Å². The Labute approximate surface area is 68.5 Å². The predicted molar refractivity (Wildman–Crippen MR) is 45.3 cm³/mol. The summed E-state index contributed by atoms with van der Waals surface area (Å²) in [5.41, 5.74) is 0. The Hall–Kier alpha value is 0.170. The first-order chi connectivity index (χ1) is 4.83. The first-order valence-corrected chi connectivity index (χ1v) is 5.37. The van der Waals surface area contributed by atoms with Crippen molar-refractivity contribution in [3.05, 3.63) is 0 Å². The van der Waals surface area contributed by atoms with Crippen molar-refractivity contribution in [1.82, 2.24) is 5.32 Å². The fourth-order valence-corrected chi connectivity index (χ4v) is 4.38. The molecule has 1 spiro atoms. The van der Waals surface area contributed by atoms with Crippen molar-refractivity contribution in [1.29, 1.82) is 0 Å². The number of hydrogen-bond donors (Lipinski definition) is 1. The van der Waals surface area contributed by atoms with E-state index in [1.54, 1.807) is 0 Å². The number of amides is 1. The lowest BCUT2D eigenvalue weighted by Gasteiger charge is -2.15. The maximum absolute atomic E-state index is 11.2. The summed E-state index contributed by atoms with van der Waals surface area (Å²) in [6.45, 7) is 0.874. The molecule has 0 radical (unpaired) electrons. The molecule has 0 bridgehead atoms. The first kappa shape index (κ1) is 6.85. The van der Waals surface area contributed by atoms with Gasteiger partial charge in [0.1, 0.15) is 4.08 Å². The van der Waals surface area contributed by atoms with E-state index < -0.39 is 0 Å². The number of thioether (sulfide) groups is 2. The van der Waals surface area contributed by atoms with Gasteiger partial charge in [-0.15, -0.1) is 23.5 Å². The Morgan fingerprint density at radius 3 is 2.60 bits per heavy atom. The molecular formula is C6H9NOS2. The molecule has 1 amide bonds. The molecule has 2 nitrogen and oxygen atoms in total. The molecule has 2 aliphatic heterocycles. The van der Waals surface area contributed by atoms with E-state index in [9.17, 15) is 4.79 Å². The molecule has 2 saturated heterocycles. The van der Waals surface area contributed by atoms with E-state index in [2.05, 4.69) is 5.32 Å². The van der Waals surface area contributed by atoms with Crippen LogP contribution in [0.25, 0.3) is 0 Å². The molecule has 4 heteroatoms. The van der Waals surface area contributed by atoms with Gasteiger partial charge in [-0.2, -0.15) is 0 Å². The molecule has 0 atom stereocenters. The highest BCUT2D eigenvalue weighted by Gasteiger charge is 2.46. The van der Waals surface area contributed by atoms with Crippen molar-refractivity contribution < 1.29 is 4.79 Å². The van der Waals surface area contributed by atoms with Gasteiger partial charge < -0.3 is 5.32 Å². The van der Waals surface area contributed by atoms with Crippen LogP contribution in [0.3, 0.4) is 0 Å². The summed E-state index contributed by atoms with van der Waals surface area (Å²) in [6.07, 6.45) is 1.02. The minimum absolute atomic E-state index is 0.0694. The Kier molecular flexibility index (Phi) is 1.60. The van der Waals surface area contributed by atoms with Crippen LogP contribution in [0, 0.1) is 0 Å². The minimum atomic E-state index is -0.0694. The average molecular weight is 175 g/mol. The van der Waals surface area contributed by atoms with Gasteiger partial charge in [-0.25, -0.2) is 0 Å². The zero-order valence-corrected chi connectivity index (χ0v) is 7.19. The summed E-state index contributed by atoms with van der Waals surface area (Å²) in [5, 5.41) is 2.87. The van der Waals surface area contributed by atoms with Gasteiger partial charge in [-0.1, -0.05) is 0 Å². The molecule has 1 N–H and O–H groups in total. The third-order valence-electron chi connectivity index (χ3n) is 1.84.